The van der Waals surface area contributed by atoms with Crippen LogP contribution in [-0.4, -0.2) is 52.8 Å². The van der Waals surface area contributed by atoms with E-state index in [2.05, 4.69) is 10.6 Å². The van der Waals surface area contributed by atoms with Crippen LogP contribution >= 0.6 is 0 Å². The fraction of sp³-hybridized carbons (Fsp3) is 0.500. The molecule has 154 valence electrons. The molecule has 0 aliphatic carbocycles. The number of nitrogens with one attached hydrogen (secondary N) is 2. The lowest BCUT2D eigenvalue weighted by Gasteiger charge is -2.26. The molecule has 0 saturated heterocycles. The first-order valence-corrected chi connectivity index (χ1v) is 9.09. The molecule has 1 rings (SSSR count). The lowest BCUT2D eigenvalue weighted by molar-refractivity contribution is -0.141. The van der Waals surface area contributed by atoms with Crippen LogP contribution in [0.25, 0.3) is 0 Å². The summed E-state index contributed by atoms with van der Waals surface area (Å²) in [5, 5.41) is 14.7. The zero-order valence-corrected chi connectivity index (χ0v) is 17.0. The van der Waals surface area contributed by atoms with Crippen LogP contribution in [0.15, 0.2) is 24.3 Å². The highest BCUT2D eigenvalue weighted by Crippen LogP contribution is 2.14. The average Bonchev–Trinajstić information content (AvgIpc) is 2.61. The summed E-state index contributed by atoms with van der Waals surface area (Å²) in [5.41, 5.74) is 0.671. The van der Waals surface area contributed by atoms with Gasteiger partial charge in [-0.2, -0.15) is 0 Å². The lowest BCUT2D eigenvalue weighted by atomic mass is 9.95. The number of carboxylic acids is 1. The minimum absolute atomic E-state index is 0.0768. The van der Waals surface area contributed by atoms with Gasteiger partial charge in [-0.25, -0.2) is 4.79 Å². The minimum Gasteiger partial charge on any atom is -0.480 e. The van der Waals surface area contributed by atoms with Gasteiger partial charge in [-0.1, -0.05) is 32.9 Å². The summed E-state index contributed by atoms with van der Waals surface area (Å²) in [5.74, 6) is -1.90. The molecule has 1 aromatic carbocycles. The Morgan fingerprint density at radius 1 is 1.07 bits per heavy atom. The van der Waals surface area contributed by atoms with Gasteiger partial charge in [0.05, 0.1) is 0 Å². The second-order valence-electron chi connectivity index (χ2n) is 7.63. The van der Waals surface area contributed by atoms with Gasteiger partial charge in [0, 0.05) is 37.5 Å². The average molecular weight is 391 g/mol. The van der Waals surface area contributed by atoms with Crippen molar-refractivity contribution in [2.75, 3.05) is 13.1 Å². The Morgan fingerprint density at radius 3 is 2.11 bits per heavy atom. The molecule has 0 aliphatic heterocycles. The van der Waals surface area contributed by atoms with Gasteiger partial charge < -0.3 is 20.6 Å². The van der Waals surface area contributed by atoms with E-state index in [0.29, 0.717) is 12.1 Å². The molecule has 0 spiro atoms. The van der Waals surface area contributed by atoms with Crippen LogP contribution < -0.4 is 10.6 Å². The molecule has 3 N–H and O–H groups in total. The second kappa shape index (κ2) is 9.87. The van der Waals surface area contributed by atoms with Gasteiger partial charge in [0.1, 0.15) is 6.04 Å². The standard InChI is InChI=1S/C20H29N3O5/c1-13(18(26)27)23(11-10-21-14(2)24)17(25)16-8-6-15(7-9-16)12-22-19(28)20(3,4)5/h6-9,13H,10-12H2,1-5H3,(H,21,24)(H,22,28)(H,26,27). The predicted octanol–water partition coefficient (Wildman–Crippen LogP) is 1.40. The van der Waals surface area contributed by atoms with Gasteiger partial charge in [-0.15, -0.1) is 0 Å². The summed E-state index contributed by atoms with van der Waals surface area (Å²) < 4.78 is 0. The summed E-state index contributed by atoms with van der Waals surface area (Å²) in [6.07, 6.45) is 0. The molecule has 0 aromatic heterocycles. The van der Waals surface area contributed by atoms with Crippen molar-refractivity contribution in [3.8, 4) is 0 Å². The molecule has 8 nitrogen and oxygen atoms in total. The first kappa shape index (κ1) is 23.1. The lowest BCUT2D eigenvalue weighted by Crippen LogP contribution is -2.46. The Labute approximate surface area is 165 Å². The van der Waals surface area contributed by atoms with Gasteiger partial charge in [0.15, 0.2) is 0 Å². The molecule has 0 bridgehead atoms. The number of hydrogen-bond donors (Lipinski definition) is 3. The van der Waals surface area contributed by atoms with Crippen molar-refractivity contribution in [3.63, 3.8) is 0 Å². The summed E-state index contributed by atoms with van der Waals surface area (Å²) >= 11 is 0. The van der Waals surface area contributed by atoms with E-state index in [1.807, 2.05) is 20.8 Å². The van der Waals surface area contributed by atoms with Crippen LogP contribution in [0.1, 0.15) is 50.5 Å². The molecular formula is C20H29N3O5. The molecule has 3 amide bonds. The molecule has 1 unspecified atom stereocenters. The number of carbonyl (C=O) groups excluding carboxylic acids is 3. The monoisotopic (exact) mass is 391 g/mol. The minimum atomic E-state index is -1.13. The van der Waals surface area contributed by atoms with Crippen molar-refractivity contribution < 1.29 is 24.3 Å². The third-order valence-electron chi connectivity index (χ3n) is 4.15. The number of carboxylic acid groups (broad SMARTS) is 1. The Bertz CT molecular complexity index is 722. The Kier molecular flexibility index (Phi) is 8.16. The third-order valence-corrected chi connectivity index (χ3v) is 4.15. The highest BCUT2D eigenvalue weighted by Gasteiger charge is 2.26. The first-order chi connectivity index (χ1) is 12.9. The molecule has 0 saturated carbocycles. The van der Waals surface area contributed by atoms with Crippen LogP contribution in [0.3, 0.4) is 0 Å². The summed E-state index contributed by atoms with van der Waals surface area (Å²) in [6, 6.07) is 5.59. The van der Waals surface area contributed by atoms with Crippen molar-refractivity contribution in [2.45, 2.75) is 47.2 Å². The number of benzene rings is 1. The van der Waals surface area contributed by atoms with Crippen molar-refractivity contribution in [1.82, 2.24) is 15.5 Å². The van der Waals surface area contributed by atoms with Crippen molar-refractivity contribution in [1.29, 1.82) is 0 Å². The van der Waals surface area contributed by atoms with E-state index in [0.717, 1.165) is 5.56 Å². The molecular weight excluding hydrogens is 362 g/mol. The van der Waals surface area contributed by atoms with Crippen LogP contribution in [0.4, 0.5) is 0 Å². The quantitative estimate of drug-likeness (QED) is 0.619. The third kappa shape index (κ3) is 7.02. The van der Waals surface area contributed by atoms with Gasteiger partial charge in [-0.3, -0.25) is 14.4 Å². The topological polar surface area (TPSA) is 116 Å². The van der Waals surface area contributed by atoms with Crippen molar-refractivity contribution in [2.24, 2.45) is 5.41 Å². The number of amides is 3. The van der Waals surface area contributed by atoms with Crippen molar-refractivity contribution >= 4 is 23.7 Å². The maximum Gasteiger partial charge on any atom is 0.326 e. The Balaban J connectivity index is 2.84. The number of aliphatic carboxylic acids is 1. The fourth-order valence-corrected chi connectivity index (χ4v) is 2.34. The normalized spacial score (nSPS) is 12.0. The first-order valence-electron chi connectivity index (χ1n) is 9.09. The molecule has 0 fully saturated rings. The molecule has 28 heavy (non-hydrogen) atoms. The second-order valence-corrected chi connectivity index (χ2v) is 7.63. The summed E-state index contributed by atoms with van der Waals surface area (Å²) in [6.45, 7) is 8.82. The van der Waals surface area contributed by atoms with Gasteiger partial charge in [0.25, 0.3) is 5.91 Å². The van der Waals surface area contributed by atoms with Gasteiger partial charge >= 0.3 is 5.97 Å². The zero-order valence-electron chi connectivity index (χ0n) is 17.0. The molecule has 0 heterocycles. The van der Waals surface area contributed by atoms with E-state index >= 15 is 0 Å². The predicted molar refractivity (Wildman–Crippen MR) is 105 cm³/mol. The van der Waals surface area contributed by atoms with E-state index in [1.54, 1.807) is 24.3 Å². The summed E-state index contributed by atoms with van der Waals surface area (Å²) in [7, 11) is 0. The van der Waals surface area contributed by atoms with Gasteiger partial charge in [-0.05, 0) is 24.6 Å². The summed E-state index contributed by atoms with van der Waals surface area (Å²) in [4.78, 5) is 48.2. The molecule has 0 radical (unpaired) electrons. The number of rotatable bonds is 8. The molecule has 0 aliphatic rings. The van der Waals surface area contributed by atoms with E-state index < -0.39 is 23.3 Å². The Morgan fingerprint density at radius 2 is 1.64 bits per heavy atom. The number of hydrogen-bond acceptors (Lipinski definition) is 4. The van der Waals surface area contributed by atoms with E-state index in [-0.39, 0.29) is 24.9 Å². The molecule has 8 heteroatoms. The number of nitrogens with zero attached hydrogens (tertiary/aromatic N) is 1. The van der Waals surface area contributed by atoms with Crippen LogP contribution in [-0.2, 0) is 20.9 Å². The van der Waals surface area contributed by atoms with E-state index in [9.17, 15) is 24.3 Å². The fourth-order valence-electron chi connectivity index (χ4n) is 2.34. The maximum atomic E-state index is 12.8. The maximum absolute atomic E-state index is 12.8. The van der Waals surface area contributed by atoms with Crippen LogP contribution in [0.2, 0.25) is 0 Å². The molecule has 1 atom stereocenters. The zero-order chi connectivity index (χ0) is 21.5. The number of carbonyl (C=O) groups is 4. The molecule has 1 aromatic rings. The Hall–Kier alpha value is -2.90. The highest BCUT2D eigenvalue weighted by atomic mass is 16.4. The smallest absolute Gasteiger partial charge is 0.326 e. The van der Waals surface area contributed by atoms with Gasteiger partial charge in [0.2, 0.25) is 11.8 Å². The largest absolute Gasteiger partial charge is 0.480 e. The van der Waals surface area contributed by atoms with Crippen LogP contribution in [0.5, 0.6) is 0 Å². The van der Waals surface area contributed by atoms with Crippen molar-refractivity contribution in [3.05, 3.63) is 35.4 Å². The van der Waals surface area contributed by atoms with Crippen LogP contribution in [0, 0.1) is 5.41 Å². The highest BCUT2D eigenvalue weighted by molar-refractivity contribution is 5.96. The SMILES string of the molecule is CC(=O)NCCN(C(=O)c1ccc(CNC(=O)C(C)(C)C)cc1)C(C)C(=O)O. The van der Waals surface area contributed by atoms with E-state index in [1.165, 1.54) is 18.7 Å². The van der Waals surface area contributed by atoms with E-state index in [4.69, 9.17) is 0 Å².